The summed E-state index contributed by atoms with van der Waals surface area (Å²) in [5.41, 5.74) is 1.65. The second-order valence-electron chi connectivity index (χ2n) is 6.85. The molecule has 0 saturated heterocycles. The Hall–Kier alpha value is -0.110. The van der Waals surface area contributed by atoms with Crippen molar-refractivity contribution in [3.8, 4) is 5.75 Å². The third kappa shape index (κ3) is 3.51. The second kappa shape index (κ2) is 5.35. The largest absolute Gasteiger partial charge is 0.507 e. The highest BCUT2D eigenvalue weighted by molar-refractivity contribution is 6.45. The molecule has 0 bridgehead atoms. The maximum Gasteiger partial charge on any atom is 0.134 e. The van der Waals surface area contributed by atoms with Gasteiger partial charge in [-0.15, -0.1) is 23.2 Å². The lowest BCUT2D eigenvalue weighted by Gasteiger charge is -2.29. The van der Waals surface area contributed by atoms with Gasteiger partial charge in [-0.25, -0.2) is 0 Å². The smallest absolute Gasteiger partial charge is 0.134 e. The highest BCUT2D eigenvalue weighted by atomic mass is 35.5. The maximum absolute atomic E-state index is 10.6. The van der Waals surface area contributed by atoms with Gasteiger partial charge in [0.1, 0.15) is 10.6 Å². The van der Waals surface area contributed by atoms with Gasteiger partial charge >= 0.3 is 0 Å². The minimum Gasteiger partial charge on any atom is -0.507 e. The van der Waals surface area contributed by atoms with E-state index in [1.54, 1.807) is 6.07 Å². The SMILES string of the molecule is CC(C)(C)c1cc(C(Cl)Cl)c(Cl)c(C(C)(C)C)c1O. The Morgan fingerprint density at radius 1 is 1.00 bits per heavy atom. The maximum atomic E-state index is 10.6. The number of alkyl halides is 2. The molecule has 0 aliphatic rings. The zero-order chi connectivity index (χ0) is 15.2. The third-order valence-corrected chi connectivity index (χ3v) is 3.94. The van der Waals surface area contributed by atoms with E-state index in [0.29, 0.717) is 16.1 Å². The molecule has 0 unspecified atom stereocenters. The van der Waals surface area contributed by atoms with E-state index in [2.05, 4.69) is 0 Å². The Morgan fingerprint density at radius 3 is 1.79 bits per heavy atom. The van der Waals surface area contributed by atoms with Crippen molar-refractivity contribution in [1.82, 2.24) is 0 Å². The Kier molecular flexibility index (Phi) is 4.77. The normalized spacial score (nSPS) is 13.2. The zero-order valence-electron chi connectivity index (χ0n) is 12.2. The van der Waals surface area contributed by atoms with Gasteiger partial charge in [-0.05, 0) is 22.5 Å². The van der Waals surface area contributed by atoms with Crippen LogP contribution in [0.25, 0.3) is 0 Å². The van der Waals surface area contributed by atoms with Gasteiger partial charge in [0.15, 0.2) is 0 Å². The molecular formula is C15H21Cl3O. The van der Waals surface area contributed by atoms with Gasteiger partial charge in [-0.3, -0.25) is 0 Å². The summed E-state index contributed by atoms with van der Waals surface area (Å²) in [5, 5.41) is 11.0. The second-order valence-corrected chi connectivity index (χ2v) is 8.33. The lowest BCUT2D eigenvalue weighted by molar-refractivity contribution is 0.423. The minimum absolute atomic E-state index is 0.216. The summed E-state index contributed by atoms with van der Waals surface area (Å²) in [6.45, 7) is 12.1. The number of aromatic hydroxyl groups is 1. The quantitative estimate of drug-likeness (QED) is 0.617. The van der Waals surface area contributed by atoms with Crippen LogP contribution in [-0.2, 0) is 10.8 Å². The van der Waals surface area contributed by atoms with Crippen molar-refractivity contribution in [2.75, 3.05) is 0 Å². The van der Waals surface area contributed by atoms with Crippen LogP contribution in [0.2, 0.25) is 5.02 Å². The highest BCUT2D eigenvalue weighted by Gasteiger charge is 2.31. The Bertz CT molecular complexity index is 480. The Labute approximate surface area is 130 Å². The molecule has 1 N–H and O–H groups in total. The monoisotopic (exact) mass is 322 g/mol. The van der Waals surface area contributed by atoms with E-state index >= 15 is 0 Å². The lowest BCUT2D eigenvalue weighted by Crippen LogP contribution is -2.18. The Morgan fingerprint density at radius 2 is 1.47 bits per heavy atom. The van der Waals surface area contributed by atoms with Gasteiger partial charge in [-0.2, -0.15) is 0 Å². The summed E-state index contributed by atoms with van der Waals surface area (Å²) in [6, 6.07) is 1.80. The first kappa shape index (κ1) is 16.9. The molecule has 19 heavy (non-hydrogen) atoms. The van der Waals surface area contributed by atoms with Gasteiger partial charge < -0.3 is 5.11 Å². The standard InChI is InChI=1S/C15H21Cl3O/c1-14(2,3)9-7-8(13(17)18)11(16)10(12(9)19)15(4,5)6/h7,13,19H,1-6H3. The van der Waals surface area contributed by atoms with Gasteiger partial charge in [-0.1, -0.05) is 53.1 Å². The summed E-state index contributed by atoms with van der Waals surface area (Å²) in [6.07, 6.45) is 0. The van der Waals surface area contributed by atoms with Crippen LogP contribution in [-0.4, -0.2) is 5.11 Å². The molecule has 0 amide bonds. The van der Waals surface area contributed by atoms with E-state index in [0.717, 1.165) is 5.56 Å². The predicted molar refractivity (Wildman–Crippen MR) is 85.0 cm³/mol. The average Bonchev–Trinajstić information content (AvgIpc) is 2.12. The molecule has 0 heterocycles. The van der Waals surface area contributed by atoms with Crippen LogP contribution >= 0.6 is 34.8 Å². The first-order valence-electron chi connectivity index (χ1n) is 6.22. The van der Waals surface area contributed by atoms with Crippen molar-refractivity contribution in [3.63, 3.8) is 0 Å². The number of halogens is 3. The molecule has 1 aromatic rings. The number of benzene rings is 1. The van der Waals surface area contributed by atoms with Gasteiger partial charge in [0.2, 0.25) is 0 Å². The van der Waals surface area contributed by atoms with E-state index in [-0.39, 0.29) is 16.6 Å². The minimum atomic E-state index is -0.713. The number of hydrogen-bond donors (Lipinski definition) is 1. The summed E-state index contributed by atoms with van der Waals surface area (Å²) in [4.78, 5) is -0.713. The molecule has 1 rings (SSSR count). The molecule has 0 saturated carbocycles. The first-order chi connectivity index (χ1) is 8.37. The number of phenols is 1. The Balaban J connectivity index is 3.77. The molecular weight excluding hydrogens is 303 g/mol. The third-order valence-electron chi connectivity index (χ3n) is 3.06. The number of phenolic OH excluding ortho intramolecular Hbond substituents is 1. The van der Waals surface area contributed by atoms with Crippen LogP contribution in [0, 0.1) is 0 Å². The fourth-order valence-corrected chi connectivity index (χ4v) is 3.08. The van der Waals surface area contributed by atoms with Crippen molar-refractivity contribution in [2.45, 2.75) is 57.2 Å². The van der Waals surface area contributed by atoms with Crippen molar-refractivity contribution in [1.29, 1.82) is 0 Å². The number of hydrogen-bond acceptors (Lipinski definition) is 1. The molecule has 0 spiro atoms. The van der Waals surface area contributed by atoms with Crippen molar-refractivity contribution in [3.05, 3.63) is 27.8 Å². The molecule has 1 nitrogen and oxygen atoms in total. The molecule has 0 radical (unpaired) electrons. The van der Waals surface area contributed by atoms with Crippen LogP contribution < -0.4 is 0 Å². The summed E-state index contributed by atoms with van der Waals surface area (Å²) >= 11 is 18.4. The van der Waals surface area contributed by atoms with Crippen LogP contribution in [0.1, 0.15) is 63.1 Å². The molecule has 0 atom stereocenters. The van der Waals surface area contributed by atoms with Gasteiger partial charge in [0, 0.05) is 11.1 Å². The van der Waals surface area contributed by atoms with Crippen LogP contribution in [0.15, 0.2) is 6.07 Å². The zero-order valence-corrected chi connectivity index (χ0v) is 14.5. The fraction of sp³-hybridized carbons (Fsp3) is 0.600. The summed E-state index contributed by atoms with van der Waals surface area (Å²) in [7, 11) is 0. The molecule has 0 aliphatic carbocycles. The molecule has 1 aromatic carbocycles. The highest BCUT2D eigenvalue weighted by Crippen LogP contribution is 2.47. The molecule has 0 fully saturated rings. The van der Waals surface area contributed by atoms with Gasteiger partial charge in [0.05, 0.1) is 5.02 Å². The van der Waals surface area contributed by atoms with Crippen molar-refractivity contribution >= 4 is 34.8 Å². The predicted octanol–water partition coefficient (Wildman–Crippen LogP) is 6.12. The number of rotatable bonds is 1. The fourth-order valence-electron chi connectivity index (χ4n) is 2.09. The van der Waals surface area contributed by atoms with Gasteiger partial charge in [0.25, 0.3) is 0 Å². The summed E-state index contributed by atoms with van der Waals surface area (Å²) in [5.74, 6) is 0.239. The topological polar surface area (TPSA) is 20.2 Å². The van der Waals surface area contributed by atoms with E-state index in [1.165, 1.54) is 0 Å². The lowest BCUT2D eigenvalue weighted by atomic mass is 9.78. The summed E-state index contributed by atoms with van der Waals surface area (Å²) < 4.78 is 0. The molecule has 4 heteroatoms. The van der Waals surface area contributed by atoms with E-state index in [9.17, 15) is 5.11 Å². The van der Waals surface area contributed by atoms with E-state index in [1.807, 2.05) is 41.5 Å². The van der Waals surface area contributed by atoms with E-state index < -0.39 is 4.84 Å². The van der Waals surface area contributed by atoms with Crippen LogP contribution in [0.5, 0.6) is 5.75 Å². The van der Waals surface area contributed by atoms with E-state index in [4.69, 9.17) is 34.8 Å². The van der Waals surface area contributed by atoms with Crippen LogP contribution in [0.3, 0.4) is 0 Å². The molecule has 0 aromatic heterocycles. The van der Waals surface area contributed by atoms with Crippen molar-refractivity contribution in [2.24, 2.45) is 0 Å². The molecule has 108 valence electrons. The first-order valence-corrected chi connectivity index (χ1v) is 7.47. The van der Waals surface area contributed by atoms with Crippen molar-refractivity contribution < 1.29 is 5.11 Å². The molecule has 0 aliphatic heterocycles. The average molecular weight is 324 g/mol. The van der Waals surface area contributed by atoms with Crippen LogP contribution in [0.4, 0.5) is 0 Å².